The van der Waals surface area contributed by atoms with E-state index in [0.717, 1.165) is 44.9 Å². The van der Waals surface area contributed by atoms with E-state index in [1.807, 2.05) is 6.92 Å². The standard InChI is InChI=1S/C17H26N2O/c1-17(20)9-2-11-19(12-10-17)16-7-3-14(4-8-16)13-18-15-5-6-15/h3-4,7-8,15,18,20H,2,5-6,9-13H2,1H3. The molecule has 1 aromatic carbocycles. The number of hydrogen-bond donors (Lipinski definition) is 2. The third kappa shape index (κ3) is 3.74. The summed E-state index contributed by atoms with van der Waals surface area (Å²) in [6, 6.07) is 9.68. The molecule has 3 heteroatoms. The Morgan fingerprint density at radius 2 is 1.95 bits per heavy atom. The summed E-state index contributed by atoms with van der Waals surface area (Å²) in [6.45, 7) is 4.95. The molecule has 2 fully saturated rings. The molecule has 0 radical (unpaired) electrons. The fourth-order valence-corrected chi connectivity index (χ4v) is 2.90. The van der Waals surface area contributed by atoms with Gasteiger partial charge in [0.05, 0.1) is 5.60 Å². The minimum atomic E-state index is -0.483. The predicted octanol–water partition coefficient (Wildman–Crippen LogP) is 2.68. The zero-order chi connectivity index (χ0) is 14.0. The van der Waals surface area contributed by atoms with Crippen molar-refractivity contribution in [1.82, 2.24) is 5.32 Å². The van der Waals surface area contributed by atoms with Gasteiger partial charge in [0, 0.05) is 31.4 Å². The van der Waals surface area contributed by atoms with E-state index in [0.29, 0.717) is 0 Å². The molecule has 110 valence electrons. The van der Waals surface area contributed by atoms with Crippen molar-refractivity contribution in [2.45, 2.75) is 57.2 Å². The second-order valence-corrected chi connectivity index (χ2v) is 6.66. The van der Waals surface area contributed by atoms with Crippen LogP contribution in [0.2, 0.25) is 0 Å². The summed E-state index contributed by atoms with van der Waals surface area (Å²) in [5.41, 5.74) is 2.17. The minimum Gasteiger partial charge on any atom is -0.390 e. The van der Waals surface area contributed by atoms with E-state index >= 15 is 0 Å². The van der Waals surface area contributed by atoms with Crippen molar-refractivity contribution in [1.29, 1.82) is 0 Å². The highest BCUT2D eigenvalue weighted by molar-refractivity contribution is 5.47. The molecule has 3 nitrogen and oxygen atoms in total. The van der Waals surface area contributed by atoms with Gasteiger partial charge in [-0.2, -0.15) is 0 Å². The van der Waals surface area contributed by atoms with E-state index in [-0.39, 0.29) is 0 Å². The first-order valence-corrected chi connectivity index (χ1v) is 7.92. The zero-order valence-corrected chi connectivity index (χ0v) is 12.4. The van der Waals surface area contributed by atoms with Gasteiger partial charge in [-0.25, -0.2) is 0 Å². The van der Waals surface area contributed by atoms with Gasteiger partial charge in [-0.15, -0.1) is 0 Å². The van der Waals surface area contributed by atoms with Crippen molar-refractivity contribution in [3.63, 3.8) is 0 Å². The Labute approximate surface area is 122 Å². The van der Waals surface area contributed by atoms with Gasteiger partial charge in [0.2, 0.25) is 0 Å². The van der Waals surface area contributed by atoms with Crippen molar-refractivity contribution >= 4 is 5.69 Å². The molecule has 0 bridgehead atoms. The fraction of sp³-hybridized carbons (Fsp3) is 0.647. The Bertz CT molecular complexity index is 437. The lowest BCUT2D eigenvalue weighted by Crippen LogP contribution is -2.28. The van der Waals surface area contributed by atoms with Crippen LogP contribution in [0.4, 0.5) is 5.69 Å². The molecule has 2 N–H and O–H groups in total. The second-order valence-electron chi connectivity index (χ2n) is 6.66. The SMILES string of the molecule is CC1(O)CCCN(c2ccc(CNC3CC3)cc2)CC1. The van der Waals surface area contributed by atoms with E-state index in [1.165, 1.54) is 24.1 Å². The molecule has 1 heterocycles. The molecule has 1 aliphatic carbocycles. The van der Waals surface area contributed by atoms with Crippen LogP contribution >= 0.6 is 0 Å². The maximum absolute atomic E-state index is 10.2. The Kier molecular flexibility index (Phi) is 3.99. The van der Waals surface area contributed by atoms with E-state index in [4.69, 9.17) is 0 Å². The number of nitrogens with one attached hydrogen (secondary N) is 1. The van der Waals surface area contributed by atoms with E-state index in [9.17, 15) is 5.11 Å². The topological polar surface area (TPSA) is 35.5 Å². The maximum Gasteiger partial charge on any atom is 0.0637 e. The van der Waals surface area contributed by atoms with E-state index < -0.39 is 5.60 Å². The Morgan fingerprint density at radius 1 is 1.20 bits per heavy atom. The molecule has 3 rings (SSSR count). The molecular weight excluding hydrogens is 248 g/mol. The van der Waals surface area contributed by atoms with Crippen LogP contribution in [0.3, 0.4) is 0 Å². The molecule has 1 saturated carbocycles. The summed E-state index contributed by atoms with van der Waals surface area (Å²) in [7, 11) is 0. The first-order chi connectivity index (χ1) is 9.62. The van der Waals surface area contributed by atoms with Crippen LogP contribution in [0, 0.1) is 0 Å². The van der Waals surface area contributed by atoms with Gasteiger partial charge in [-0.3, -0.25) is 0 Å². The second kappa shape index (κ2) is 5.74. The molecule has 1 atom stereocenters. The normalized spacial score (nSPS) is 27.4. The quantitative estimate of drug-likeness (QED) is 0.886. The molecule has 1 aromatic rings. The largest absolute Gasteiger partial charge is 0.390 e. The van der Waals surface area contributed by atoms with Crippen LogP contribution in [0.15, 0.2) is 24.3 Å². The van der Waals surface area contributed by atoms with Crippen LogP contribution in [0.25, 0.3) is 0 Å². The monoisotopic (exact) mass is 274 g/mol. The molecule has 20 heavy (non-hydrogen) atoms. The lowest BCUT2D eigenvalue weighted by Gasteiger charge is -2.24. The Balaban J connectivity index is 1.58. The van der Waals surface area contributed by atoms with Crippen molar-refractivity contribution < 1.29 is 5.11 Å². The van der Waals surface area contributed by atoms with Gasteiger partial charge in [0.25, 0.3) is 0 Å². The molecular formula is C17H26N2O. The first kappa shape index (κ1) is 13.9. The number of anilines is 1. The highest BCUT2D eigenvalue weighted by atomic mass is 16.3. The number of aliphatic hydroxyl groups is 1. The lowest BCUT2D eigenvalue weighted by molar-refractivity contribution is 0.0481. The summed E-state index contributed by atoms with van der Waals surface area (Å²) in [5, 5.41) is 13.7. The number of hydrogen-bond acceptors (Lipinski definition) is 3. The summed E-state index contributed by atoms with van der Waals surface area (Å²) in [5.74, 6) is 0. The van der Waals surface area contributed by atoms with Gasteiger partial charge >= 0.3 is 0 Å². The van der Waals surface area contributed by atoms with Crippen LogP contribution in [0.1, 0.15) is 44.6 Å². The summed E-state index contributed by atoms with van der Waals surface area (Å²) >= 11 is 0. The smallest absolute Gasteiger partial charge is 0.0637 e. The summed E-state index contributed by atoms with van der Waals surface area (Å²) in [6.07, 6.45) is 5.51. The van der Waals surface area contributed by atoms with Crippen molar-refractivity contribution in [3.8, 4) is 0 Å². The zero-order valence-electron chi connectivity index (χ0n) is 12.4. The van der Waals surface area contributed by atoms with E-state index in [2.05, 4.69) is 34.5 Å². The van der Waals surface area contributed by atoms with Crippen molar-refractivity contribution in [2.75, 3.05) is 18.0 Å². The van der Waals surface area contributed by atoms with Crippen molar-refractivity contribution in [2.24, 2.45) is 0 Å². The number of rotatable bonds is 4. The van der Waals surface area contributed by atoms with Gasteiger partial charge in [0.1, 0.15) is 0 Å². The lowest BCUT2D eigenvalue weighted by atomic mass is 9.98. The Hall–Kier alpha value is -1.06. The summed E-state index contributed by atoms with van der Waals surface area (Å²) < 4.78 is 0. The average Bonchev–Trinajstić information content (AvgIpc) is 3.25. The number of nitrogens with zero attached hydrogens (tertiary/aromatic N) is 1. The number of benzene rings is 1. The third-order valence-electron chi connectivity index (χ3n) is 4.54. The minimum absolute atomic E-state index is 0.483. The molecule has 0 aromatic heterocycles. The van der Waals surface area contributed by atoms with Crippen LogP contribution in [-0.4, -0.2) is 29.8 Å². The van der Waals surface area contributed by atoms with Gasteiger partial charge in [0.15, 0.2) is 0 Å². The van der Waals surface area contributed by atoms with Crippen LogP contribution in [-0.2, 0) is 6.54 Å². The molecule has 0 amide bonds. The molecule has 2 aliphatic rings. The maximum atomic E-state index is 10.2. The summed E-state index contributed by atoms with van der Waals surface area (Å²) in [4.78, 5) is 2.40. The Morgan fingerprint density at radius 3 is 2.65 bits per heavy atom. The fourth-order valence-electron chi connectivity index (χ4n) is 2.90. The molecule has 1 unspecified atom stereocenters. The molecule has 0 spiro atoms. The third-order valence-corrected chi connectivity index (χ3v) is 4.54. The molecule has 1 aliphatic heterocycles. The van der Waals surface area contributed by atoms with Gasteiger partial charge in [-0.1, -0.05) is 12.1 Å². The highest BCUT2D eigenvalue weighted by Crippen LogP contribution is 2.25. The highest BCUT2D eigenvalue weighted by Gasteiger charge is 2.25. The average molecular weight is 274 g/mol. The van der Waals surface area contributed by atoms with Gasteiger partial charge in [-0.05, 0) is 56.7 Å². The molecule has 1 saturated heterocycles. The van der Waals surface area contributed by atoms with Crippen LogP contribution < -0.4 is 10.2 Å². The van der Waals surface area contributed by atoms with Crippen LogP contribution in [0.5, 0.6) is 0 Å². The van der Waals surface area contributed by atoms with Crippen molar-refractivity contribution in [3.05, 3.63) is 29.8 Å². The van der Waals surface area contributed by atoms with Gasteiger partial charge < -0.3 is 15.3 Å². The first-order valence-electron chi connectivity index (χ1n) is 7.92. The predicted molar refractivity (Wildman–Crippen MR) is 83.0 cm³/mol. The van der Waals surface area contributed by atoms with E-state index in [1.54, 1.807) is 0 Å².